The summed E-state index contributed by atoms with van der Waals surface area (Å²) in [5, 5.41) is 1.17. The second kappa shape index (κ2) is 9.99. The molecule has 3 saturated heterocycles. The van der Waals surface area contributed by atoms with Crippen molar-refractivity contribution in [2.75, 3.05) is 39.5 Å². The number of benzene rings is 1. The summed E-state index contributed by atoms with van der Waals surface area (Å²) in [6.07, 6.45) is 9.30. The average Bonchev–Trinajstić information content (AvgIpc) is 3.46. The first-order valence-corrected chi connectivity index (χ1v) is 13.0. The molecule has 1 N–H and O–H groups in total. The van der Waals surface area contributed by atoms with Crippen molar-refractivity contribution in [3.63, 3.8) is 0 Å². The summed E-state index contributed by atoms with van der Waals surface area (Å²) in [6.45, 7) is 4.88. The third-order valence-corrected chi connectivity index (χ3v) is 7.93. The van der Waals surface area contributed by atoms with Crippen LogP contribution in [0.25, 0.3) is 11.0 Å². The van der Waals surface area contributed by atoms with Gasteiger partial charge in [-0.25, -0.2) is 4.98 Å². The normalized spacial score (nSPS) is 24.7. The van der Waals surface area contributed by atoms with Crippen molar-refractivity contribution in [1.29, 1.82) is 0 Å². The van der Waals surface area contributed by atoms with Crippen LogP contribution in [0.2, 0.25) is 0 Å². The molecule has 0 unspecified atom stereocenters. The fraction of sp³-hybridized carbons (Fsp3) is 0.500. The highest BCUT2D eigenvalue weighted by molar-refractivity contribution is 5.97. The second-order valence-corrected chi connectivity index (χ2v) is 10.2. The van der Waals surface area contributed by atoms with E-state index in [1.54, 1.807) is 0 Å². The van der Waals surface area contributed by atoms with Crippen molar-refractivity contribution in [3.8, 4) is 5.75 Å². The minimum absolute atomic E-state index is 0.133. The molecule has 0 spiro atoms. The van der Waals surface area contributed by atoms with Crippen LogP contribution >= 0.6 is 0 Å². The third kappa shape index (κ3) is 4.80. The van der Waals surface area contributed by atoms with E-state index in [0.717, 1.165) is 70.6 Å². The number of H-pyrrole nitrogens is 1. The van der Waals surface area contributed by atoms with E-state index in [1.165, 1.54) is 10.9 Å². The molecule has 2 atom stereocenters. The van der Waals surface area contributed by atoms with Crippen LogP contribution in [0.15, 0.2) is 48.8 Å². The van der Waals surface area contributed by atoms with Gasteiger partial charge in [-0.2, -0.15) is 0 Å². The van der Waals surface area contributed by atoms with Gasteiger partial charge < -0.3 is 19.4 Å². The Morgan fingerprint density at radius 1 is 1.11 bits per heavy atom. The molecule has 1 aromatic carbocycles. The van der Waals surface area contributed by atoms with Crippen LogP contribution in [-0.4, -0.2) is 77.2 Å². The molecule has 2 aromatic heterocycles. The molecule has 5 heterocycles. The molecule has 184 valence electrons. The van der Waals surface area contributed by atoms with E-state index in [-0.39, 0.29) is 5.91 Å². The standard InChI is InChI=1S/C28H34N4O3/c33-28(25-3-1-2-4-26(25)35-14-11-31-9-12-34-13-10-31)32-23-5-6-24(32)18-20(17-23)15-21-16-22-7-8-29-27(22)30-19-21/h1-4,7-8,16,19-20,23-24H,5-6,9-15,17-18H2,(H,29,30)/t23-,24-/m0/s1. The maximum Gasteiger partial charge on any atom is 0.258 e. The maximum absolute atomic E-state index is 13.7. The molecule has 35 heavy (non-hydrogen) atoms. The quantitative estimate of drug-likeness (QED) is 0.562. The summed E-state index contributed by atoms with van der Waals surface area (Å²) >= 11 is 0. The maximum atomic E-state index is 13.7. The molecular formula is C28H34N4O3. The number of rotatable bonds is 7. The Morgan fingerprint density at radius 2 is 1.91 bits per heavy atom. The van der Waals surface area contributed by atoms with Crippen molar-refractivity contribution in [3.05, 3.63) is 59.9 Å². The molecule has 7 heteroatoms. The summed E-state index contributed by atoms with van der Waals surface area (Å²) in [5.74, 6) is 1.43. The number of para-hydroxylation sites is 1. The number of carbonyl (C=O) groups is 1. The molecule has 0 aliphatic carbocycles. The number of piperidine rings is 1. The van der Waals surface area contributed by atoms with Gasteiger partial charge in [0, 0.05) is 49.5 Å². The fourth-order valence-electron chi connectivity index (χ4n) is 6.24. The van der Waals surface area contributed by atoms with E-state index >= 15 is 0 Å². The van der Waals surface area contributed by atoms with Crippen molar-refractivity contribution < 1.29 is 14.3 Å². The van der Waals surface area contributed by atoms with Crippen molar-refractivity contribution in [2.24, 2.45) is 5.92 Å². The Morgan fingerprint density at radius 3 is 2.74 bits per heavy atom. The summed E-state index contributed by atoms with van der Waals surface area (Å²) in [6, 6.07) is 12.7. The highest BCUT2D eigenvalue weighted by Gasteiger charge is 2.43. The van der Waals surface area contributed by atoms with Gasteiger partial charge in [-0.3, -0.25) is 9.69 Å². The highest BCUT2D eigenvalue weighted by atomic mass is 16.5. The number of amides is 1. The first kappa shape index (κ1) is 22.6. The van der Waals surface area contributed by atoms with E-state index in [4.69, 9.17) is 9.47 Å². The first-order chi connectivity index (χ1) is 17.2. The van der Waals surface area contributed by atoms with E-state index in [2.05, 4.69) is 31.9 Å². The number of aromatic amines is 1. The Kier molecular flexibility index (Phi) is 6.44. The van der Waals surface area contributed by atoms with Crippen LogP contribution in [0, 0.1) is 5.92 Å². The van der Waals surface area contributed by atoms with Gasteiger partial charge in [0.15, 0.2) is 0 Å². The zero-order chi connectivity index (χ0) is 23.6. The number of aromatic nitrogens is 2. The van der Waals surface area contributed by atoms with E-state index in [9.17, 15) is 4.79 Å². The topological polar surface area (TPSA) is 70.7 Å². The minimum atomic E-state index is 0.133. The van der Waals surface area contributed by atoms with Crippen molar-refractivity contribution in [1.82, 2.24) is 19.8 Å². The number of hydrogen-bond donors (Lipinski definition) is 1. The Hall–Kier alpha value is -2.90. The zero-order valence-corrected chi connectivity index (χ0v) is 20.2. The van der Waals surface area contributed by atoms with Crippen molar-refractivity contribution in [2.45, 2.75) is 44.2 Å². The summed E-state index contributed by atoms with van der Waals surface area (Å²) < 4.78 is 11.6. The van der Waals surface area contributed by atoms with Crippen LogP contribution < -0.4 is 4.74 Å². The Balaban J connectivity index is 1.10. The number of nitrogens with one attached hydrogen (secondary N) is 1. The summed E-state index contributed by atoms with van der Waals surface area (Å²) in [5.41, 5.74) is 2.94. The number of hydrogen-bond acceptors (Lipinski definition) is 5. The molecule has 3 aromatic rings. The number of morpholine rings is 1. The molecule has 3 aliphatic rings. The van der Waals surface area contributed by atoms with Crippen LogP contribution in [0.5, 0.6) is 5.75 Å². The van der Waals surface area contributed by atoms with Gasteiger partial charge in [-0.05, 0) is 67.9 Å². The number of fused-ring (bicyclic) bond motifs is 3. The fourth-order valence-corrected chi connectivity index (χ4v) is 6.24. The largest absolute Gasteiger partial charge is 0.491 e. The number of carbonyl (C=O) groups excluding carboxylic acids is 1. The summed E-state index contributed by atoms with van der Waals surface area (Å²) in [4.78, 5) is 26.0. The van der Waals surface area contributed by atoms with Gasteiger partial charge in [-0.1, -0.05) is 12.1 Å². The number of pyridine rings is 1. The molecule has 0 radical (unpaired) electrons. The highest BCUT2D eigenvalue weighted by Crippen LogP contribution is 2.41. The molecule has 6 rings (SSSR count). The average molecular weight is 475 g/mol. The molecule has 0 saturated carbocycles. The predicted octanol–water partition coefficient (Wildman–Crippen LogP) is 3.90. The lowest BCUT2D eigenvalue weighted by atomic mass is 9.85. The number of nitrogens with zero attached hydrogens (tertiary/aromatic N) is 3. The smallest absolute Gasteiger partial charge is 0.258 e. The Bertz CT molecular complexity index is 1160. The summed E-state index contributed by atoms with van der Waals surface area (Å²) in [7, 11) is 0. The van der Waals surface area contributed by atoms with Crippen molar-refractivity contribution >= 4 is 16.9 Å². The minimum Gasteiger partial charge on any atom is -0.491 e. The van der Waals surface area contributed by atoms with Gasteiger partial charge in [-0.15, -0.1) is 0 Å². The van der Waals surface area contributed by atoms with Crippen LogP contribution in [0.1, 0.15) is 41.6 Å². The van der Waals surface area contributed by atoms with E-state index in [0.29, 0.717) is 35.9 Å². The van der Waals surface area contributed by atoms with Gasteiger partial charge in [0.2, 0.25) is 0 Å². The van der Waals surface area contributed by atoms with Crippen LogP contribution in [0.3, 0.4) is 0 Å². The van der Waals surface area contributed by atoms with Gasteiger partial charge in [0.1, 0.15) is 18.0 Å². The second-order valence-electron chi connectivity index (χ2n) is 10.2. The van der Waals surface area contributed by atoms with E-state index in [1.807, 2.05) is 36.7 Å². The first-order valence-electron chi connectivity index (χ1n) is 13.0. The van der Waals surface area contributed by atoms with Gasteiger partial charge >= 0.3 is 0 Å². The molecular weight excluding hydrogens is 440 g/mol. The van der Waals surface area contributed by atoms with E-state index < -0.39 is 0 Å². The molecule has 1 amide bonds. The SMILES string of the molecule is O=C(c1ccccc1OCCN1CCOCC1)N1[C@H]2CC[C@H]1CC(Cc1cnc3[nH]ccc3c1)C2. The molecule has 3 aliphatic heterocycles. The van der Waals surface area contributed by atoms with Crippen LogP contribution in [-0.2, 0) is 11.2 Å². The molecule has 7 nitrogen and oxygen atoms in total. The predicted molar refractivity (Wildman–Crippen MR) is 135 cm³/mol. The Labute approximate surface area is 206 Å². The number of ether oxygens (including phenoxy) is 2. The lowest BCUT2D eigenvalue weighted by Gasteiger charge is -2.39. The zero-order valence-electron chi connectivity index (χ0n) is 20.2. The lowest BCUT2D eigenvalue weighted by molar-refractivity contribution is 0.0320. The van der Waals surface area contributed by atoms with Crippen LogP contribution in [0.4, 0.5) is 0 Å². The lowest BCUT2D eigenvalue weighted by Crippen LogP contribution is -2.47. The van der Waals surface area contributed by atoms with Gasteiger partial charge in [0.05, 0.1) is 18.8 Å². The molecule has 3 fully saturated rings. The monoisotopic (exact) mass is 474 g/mol. The molecule has 2 bridgehead atoms. The van der Waals surface area contributed by atoms with Gasteiger partial charge in [0.25, 0.3) is 5.91 Å². The third-order valence-electron chi connectivity index (χ3n) is 7.93.